The van der Waals surface area contributed by atoms with Crippen molar-refractivity contribution in [1.82, 2.24) is 10.2 Å². The highest BCUT2D eigenvalue weighted by Gasteiger charge is 2.27. The van der Waals surface area contributed by atoms with Crippen LogP contribution in [-0.2, 0) is 26.2 Å². The number of anilines is 1. The van der Waals surface area contributed by atoms with Gasteiger partial charge >= 0.3 is 0 Å². The first kappa shape index (κ1) is 28.9. The second-order valence-corrected chi connectivity index (χ2v) is 11.2. The van der Waals surface area contributed by atoms with Gasteiger partial charge in [0.2, 0.25) is 21.8 Å². The second-order valence-electron chi connectivity index (χ2n) is 8.52. The Labute approximate surface area is 218 Å². The maximum absolute atomic E-state index is 13.3. The molecule has 7 nitrogen and oxygen atoms in total. The molecule has 1 N–H and O–H groups in total. The Morgan fingerprint density at radius 3 is 2.29 bits per heavy atom. The van der Waals surface area contributed by atoms with E-state index in [4.69, 9.17) is 23.2 Å². The predicted molar refractivity (Wildman–Crippen MR) is 142 cm³/mol. The third kappa shape index (κ3) is 7.85. The third-order valence-electron chi connectivity index (χ3n) is 5.69. The average molecular weight is 543 g/mol. The Bertz CT molecular complexity index is 1150. The van der Waals surface area contributed by atoms with Crippen LogP contribution in [-0.4, -0.2) is 50.5 Å². The van der Waals surface area contributed by atoms with Crippen molar-refractivity contribution < 1.29 is 18.0 Å². The third-order valence-corrected chi connectivity index (χ3v) is 7.58. The lowest BCUT2D eigenvalue weighted by atomic mass is 10.1. The lowest BCUT2D eigenvalue weighted by Gasteiger charge is -2.30. The predicted octanol–water partition coefficient (Wildman–Crippen LogP) is 4.71. The number of sulfonamides is 1. The maximum Gasteiger partial charge on any atom is 0.242 e. The minimum absolute atomic E-state index is 0.0443. The van der Waals surface area contributed by atoms with Gasteiger partial charge in [-0.05, 0) is 63.4 Å². The van der Waals surface area contributed by atoms with E-state index < -0.39 is 16.1 Å². The van der Waals surface area contributed by atoms with Gasteiger partial charge in [0.25, 0.3) is 0 Å². The number of hydrogen-bond acceptors (Lipinski definition) is 4. The molecule has 1 unspecified atom stereocenters. The summed E-state index contributed by atoms with van der Waals surface area (Å²) in [5, 5.41) is 3.54. The van der Waals surface area contributed by atoms with Gasteiger partial charge in [0.05, 0.1) is 11.9 Å². The van der Waals surface area contributed by atoms with Crippen LogP contribution in [0.15, 0.2) is 36.4 Å². The van der Waals surface area contributed by atoms with Gasteiger partial charge in [-0.1, -0.05) is 41.4 Å². The fourth-order valence-corrected chi connectivity index (χ4v) is 5.26. The minimum atomic E-state index is -3.56. The van der Waals surface area contributed by atoms with Crippen LogP contribution in [0.3, 0.4) is 0 Å². The van der Waals surface area contributed by atoms with Gasteiger partial charge in [-0.25, -0.2) is 8.42 Å². The van der Waals surface area contributed by atoms with E-state index in [0.717, 1.165) is 17.4 Å². The molecule has 2 aromatic rings. The highest BCUT2D eigenvalue weighted by atomic mass is 35.5. The number of likely N-dealkylation sites (N-methyl/N-ethyl adjacent to an activating group) is 1. The molecule has 10 heteroatoms. The van der Waals surface area contributed by atoms with Crippen LogP contribution < -0.4 is 9.62 Å². The number of amides is 2. The lowest BCUT2D eigenvalue weighted by Crippen LogP contribution is -2.47. The summed E-state index contributed by atoms with van der Waals surface area (Å²) in [5.74, 6) is -0.591. The molecular weight excluding hydrogens is 509 g/mol. The van der Waals surface area contributed by atoms with E-state index in [9.17, 15) is 18.0 Å². The zero-order valence-electron chi connectivity index (χ0n) is 20.8. The first-order valence-electron chi connectivity index (χ1n) is 11.4. The Morgan fingerprint density at radius 1 is 1.09 bits per heavy atom. The lowest BCUT2D eigenvalue weighted by molar-refractivity contribution is -0.140. The van der Waals surface area contributed by atoms with Gasteiger partial charge in [-0.15, -0.1) is 0 Å². The number of nitrogens with one attached hydrogen (secondary N) is 1. The van der Waals surface area contributed by atoms with Gasteiger partial charge in [0.1, 0.15) is 6.04 Å². The van der Waals surface area contributed by atoms with Gasteiger partial charge in [0.15, 0.2) is 0 Å². The topological polar surface area (TPSA) is 86.8 Å². The second kappa shape index (κ2) is 12.6. The van der Waals surface area contributed by atoms with Crippen LogP contribution in [0.5, 0.6) is 0 Å². The van der Waals surface area contributed by atoms with Crippen LogP contribution in [0.2, 0.25) is 10.0 Å². The standard InChI is InChI=1S/C25H33Cl2N3O4S/c1-6-28-25(32)19(4)29(16-20-21(26)9-7-10-22(20)27)24(31)11-8-14-30(35(5,33)34)23-15-17(2)12-13-18(23)3/h7,9-10,12-13,15,19H,6,8,11,14,16H2,1-5H3,(H,28,32). The van der Waals surface area contributed by atoms with Crippen LogP contribution in [0.4, 0.5) is 5.69 Å². The van der Waals surface area contributed by atoms with Crippen LogP contribution in [0, 0.1) is 13.8 Å². The van der Waals surface area contributed by atoms with E-state index in [-0.39, 0.29) is 37.7 Å². The molecule has 35 heavy (non-hydrogen) atoms. The molecule has 0 aliphatic heterocycles. The molecule has 0 radical (unpaired) electrons. The van der Waals surface area contributed by atoms with Crippen molar-refractivity contribution in [1.29, 1.82) is 0 Å². The number of halogens is 2. The van der Waals surface area contributed by atoms with Gasteiger partial charge < -0.3 is 10.2 Å². The molecule has 0 aliphatic carbocycles. The minimum Gasteiger partial charge on any atom is -0.355 e. The van der Waals surface area contributed by atoms with Crippen LogP contribution >= 0.6 is 23.2 Å². The number of benzene rings is 2. The van der Waals surface area contributed by atoms with Crippen molar-refractivity contribution >= 4 is 50.7 Å². The van der Waals surface area contributed by atoms with Gasteiger partial charge in [-0.2, -0.15) is 0 Å². The number of aryl methyl sites for hydroxylation is 2. The van der Waals surface area contributed by atoms with Crippen molar-refractivity contribution in [2.75, 3.05) is 23.7 Å². The zero-order chi connectivity index (χ0) is 26.3. The van der Waals surface area contributed by atoms with Crippen LogP contribution in [0.1, 0.15) is 43.4 Å². The molecular formula is C25H33Cl2N3O4S. The summed E-state index contributed by atoms with van der Waals surface area (Å²) in [6, 6.07) is 9.91. The highest BCUT2D eigenvalue weighted by Crippen LogP contribution is 2.28. The Balaban J connectivity index is 2.24. The molecule has 0 bridgehead atoms. The Kier molecular flexibility index (Phi) is 10.4. The van der Waals surface area contributed by atoms with Crippen LogP contribution in [0.25, 0.3) is 0 Å². The fraction of sp³-hybridized carbons (Fsp3) is 0.440. The normalized spacial score (nSPS) is 12.2. The first-order valence-corrected chi connectivity index (χ1v) is 14.0. The molecule has 0 aromatic heterocycles. The molecule has 0 spiro atoms. The number of carbonyl (C=O) groups is 2. The monoisotopic (exact) mass is 541 g/mol. The van der Waals surface area contributed by atoms with E-state index in [1.165, 1.54) is 9.21 Å². The average Bonchev–Trinajstić information content (AvgIpc) is 2.77. The summed E-state index contributed by atoms with van der Waals surface area (Å²) in [6.45, 7) is 7.81. The number of carbonyl (C=O) groups excluding carboxylic acids is 2. The van der Waals surface area contributed by atoms with E-state index in [0.29, 0.717) is 27.8 Å². The summed E-state index contributed by atoms with van der Waals surface area (Å²) >= 11 is 12.6. The van der Waals surface area contributed by atoms with Crippen molar-refractivity contribution in [3.05, 3.63) is 63.1 Å². The summed E-state index contributed by atoms with van der Waals surface area (Å²) in [4.78, 5) is 27.3. The van der Waals surface area contributed by atoms with E-state index in [1.54, 1.807) is 32.0 Å². The summed E-state index contributed by atoms with van der Waals surface area (Å²) in [6.07, 6.45) is 1.47. The van der Waals surface area contributed by atoms with Crippen molar-refractivity contribution in [2.45, 2.75) is 53.1 Å². The molecule has 2 rings (SSSR count). The molecule has 0 saturated carbocycles. The quantitative estimate of drug-likeness (QED) is 0.446. The zero-order valence-corrected chi connectivity index (χ0v) is 23.1. The summed E-state index contributed by atoms with van der Waals surface area (Å²) < 4.78 is 26.4. The number of nitrogens with zero attached hydrogens (tertiary/aromatic N) is 2. The van der Waals surface area contributed by atoms with E-state index in [1.807, 2.05) is 32.0 Å². The van der Waals surface area contributed by atoms with E-state index >= 15 is 0 Å². The smallest absolute Gasteiger partial charge is 0.242 e. The first-order chi connectivity index (χ1) is 16.4. The van der Waals surface area contributed by atoms with Gasteiger partial charge in [-0.3, -0.25) is 13.9 Å². The van der Waals surface area contributed by atoms with E-state index in [2.05, 4.69) is 5.32 Å². The van der Waals surface area contributed by atoms with Crippen molar-refractivity contribution in [3.63, 3.8) is 0 Å². The SMILES string of the molecule is CCNC(=O)C(C)N(Cc1c(Cl)cccc1Cl)C(=O)CCCN(c1cc(C)ccc1C)S(C)(=O)=O. The fourth-order valence-electron chi connectivity index (χ4n) is 3.73. The molecule has 0 saturated heterocycles. The Morgan fingerprint density at radius 2 is 1.71 bits per heavy atom. The summed E-state index contributed by atoms with van der Waals surface area (Å²) in [7, 11) is -3.56. The molecule has 1 atom stereocenters. The molecule has 0 fully saturated rings. The van der Waals surface area contributed by atoms with Crippen molar-refractivity contribution in [3.8, 4) is 0 Å². The molecule has 0 aliphatic rings. The number of rotatable bonds is 11. The van der Waals surface area contributed by atoms with Gasteiger partial charge in [0, 0.05) is 41.7 Å². The maximum atomic E-state index is 13.3. The molecule has 0 heterocycles. The highest BCUT2D eigenvalue weighted by molar-refractivity contribution is 7.92. The largest absolute Gasteiger partial charge is 0.355 e. The molecule has 2 aromatic carbocycles. The molecule has 192 valence electrons. The summed E-state index contributed by atoms with van der Waals surface area (Å²) in [5.41, 5.74) is 2.91. The number of hydrogen-bond donors (Lipinski definition) is 1. The van der Waals surface area contributed by atoms with Crippen molar-refractivity contribution in [2.24, 2.45) is 0 Å². The Hall–Kier alpha value is -2.29. The molecule has 2 amide bonds.